The summed E-state index contributed by atoms with van der Waals surface area (Å²) in [5.41, 5.74) is 2.83. The molecule has 2 aromatic rings. The number of carbonyl (C=O) groups is 5. The van der Waals surface area contributed by atoms with Crippen LogP contribution < -0.4 is 61.9 Å². The first kappa shape index (κ1) is 31.5. The number of nitrogens with two attached hydrogens (primary N) is 1. The number of carboxylic acid groups (broad SMARTS) is 1. The van der Waals surface area contributed by atoms with E-state index in [0.717, 1.165) is 29.8 Å². The number of carbonyl (C=O) groups excluding carboxylic acids is 5. The van der Waals surface area contributed by atoms with Crippen molar-refractivity contribution in [2.24, 2.45) is 5.73 Å². The van der Waals surface area contributed by atoms with E-state index in [0.29, 0.717) is 4.90 Å². The molecule has 210 valence electrons. The van der Waals surface area contributed by atoms with Crippen LogP contribution in [0.5, 0.6) is 5.75 Å². The molecule has 0 radical (unpaired) electrons. The van der Waals surface area contributed by atoms with Gasteiger partial charge in [-0.3, -0.25) is 34.0 Å². The van der Waals surface area contributed by atoms with Gasteiger partial charge in [-0.2, -0.15) is 0 Å². The molecule has 2 aliphatic heterocycles. The van der Waals surface area contributed by atoms with Gasteiger partial charge >= 0.3 is 47.2 Å². The number of ether oxygens (including phenoxy) is 1. The molecule has 1 aromatic carbocycles. The molecule has 0 aliphatic carbocycles. The molecule has 4 amide bonds. The molecule has 0 spiro atoms. The predicted molar refractivity (Wildman–Crippen MR) is 134 cm³/mol. The van der Waals surface area contributed by atoms with Crippen molar-refractivity contribution < 1.29 is 68.5 Å². The monoisotopic (exact) mass is 596 g/mol. The Morgan fingerprint density at radius 3 is 2.46 bits per heavy atom. The fraction of sp³-hybridized carbons (Fsp3) is 0.261. The van der Waals surface area contributed by atoms with Crippen molar-refractivity contribution in [3.63, 3.8) is 0 Å². The molecular weight excluding hydrogens is 575 g/mol. The fourth-order valence-corrected chi connectivity index (χ4v) is 5.57. The summed E-state index contributed by atoms with van der Waals surface area (Å²) >= 11 is 1.09. The van der Waals surface area contributed by atoms with Crippen LogP contribution in [0.25, 0.3) is 0 Å². The molecule has 1 saturated heterocycles. The first-order valence-electron chi connectivity index (χ1n) is 11.4. The van der Waals surface area contributed by atoms with Crippen LogP contribution in [0, 0.1) is 0 Å². The molecule has 0 saturated carbocycles. The van der Waals surface area contributed by atoms with Gasteiger partial charge in [-0.1, -0.05) is 12.1 Å². The third-order valence-corrected chi connectivity index (χ3v) is 7.34. The van der Waals surface area contributed by atoms with E-state index in [4.69, 9.17) is 10.5 Å². The average Bonchev–Trinajstić information content (AvgIpc) is 2.89. The Kier molecular flexibility index (Phi) is 9.69. The van der Waals surface area contributed by atoms with Crippen LogP contribution in [0.15, 0.2) is 51.3 Å². The van der Waals surface area contributed by atoms with E-state index in [1.54, 1.807) is 0 Å². The van der Waals surface area contributed by atoms with Gasteiger partial charge in [0, 0.05) is 24.4 Å². The number of urea groups is 1. The topological polar surface area (TPSA) is 248 Å². The number of amides is 4. The van der Waals surface area contributed by atoms with E-state index in [1.807, 2.05) is 4.98 Å². The van der Waals surface area contributed by atoms with Gasteiger partial charge in [0.25, 0.3) is 11.5 Å². The third kappa shape index (κ3) is 6.32. The summed E-state index contributed by atoms with van der Waals surface area (Å²) in [6.45, 7) is 0.766. The minimum atomic E-state index is -1.68. The van der Waals surface area contributed by atoms with E-state index in [1.165, 1.54) is 24.3 Å². The molecule has 2 aliphatic rings. The molecule has 41 heavy (non-hydrogen) atoms. The maximum atomic E-state index is 13.6. The number of β-lactam (4-membered cyclic amide) rings is 1. The van der Waals surface area contributed by atoms with Crippen LogP contribution in [0.2, 0.25) is 0 Å². The first-order valence-corrected chi connectivity index (χ1v) is 12.5. The van der Waals surface area contributed by atoms with Crippen molar-refractivity contribution in [3.05, 3.63) is 68.1 Å². The summed E-state index contributed by atoms with van der Waals surface area (Å²) < 4.78 is 4.87. The molecule has 16 nitrogen and oxygen atoms in total. The van der Waals surface area contributed by atoms with Crippen molar-refractivity contribution >= 4 is 47.2 Å². The largest absolute Gasteiger partial charge is 1.00 e. The number of aliphatic carboxylic acids is 1. The third-order valence-electron chi connectivity index (χ3n) is 6.00. The number of aromatic hydroxyl groups is 1. The van der Waals surface area contributed by atoms with Gasteiger partial charge in [0.1, 0.15) is 35.5 Å². The standard InChI is InChI=1S/C23H22N6O10S.Na/c1-9(30)39-7-11-8-40-20-14(19(34)29(20)16(11)21(35)36)26-18(33)15(10-2-4-12(31)5-3-10)28(22(24)37)13-6-25-23(38)27-17(13)32;/h2-6,14-15,20,31H,7-8H2,1H3,(H2,24,37)(H,26,33)(H,35,36)(H2,25,27,32,38);/q;+1/p-1/t14?,15?,20-;/m1./s1. The number of H-pyrrole nitrogens is 2. The normalized spacial score (nSPS) is 18.3. The Hall–Kier alpha value is -4.06. The van der Waals surface area contributed by atoms with Crippen LogP contribution in [0.4, 0.5) is 10.5 Å². The van der Waals surface area contributed by atoms with Crippen LogP contribution in [-0.2, 0) is 23.9 Å². The number of fused-ring (bicyclic) bond motifs is 1. The van der Waals surface area contributed by atoms with Crippen LogP contribution in [-0.4, -0.2) is 73.5 Å². The second-order valence-corrected chi connectivity index (χ2v) is 9.68. The van der Waals surface area contributed by atoms with Crippen LogP contribution in [0.3, 0.4) is 0 Å². The number of benzene rings is 1. The maximum absolute atomic E-state index is 13.6. The number of hydrogen-bond acceptors (Lipinski definition) is 11. The number of carboxylic acids is 1. The first-order chi connectivity index (χ1) is 18.9. The van der Waals surface area contributed by atoms with Gasteiger partial charge in [0.05, 0.1) is 11.7 Å². The summed E-state index contributed by atoms with van der Waals surface area (Å²) in [5.74, 6) is -4.27. The Labute approximate surface area is 256 Å². The van der Waals surface area contributed by atoms with Crippen molar-refractivity contribution in [1.82, 2.24) is 20.2 Å². The number of aromatic amines is 2. The van der Waals surface area contributed by atoms with Gasteiger partial charge < -0.3 is 35.8 Å². The molecule has 18 heteroatoms. The number of hydrogen-bond donors (Lipinski definition) is 5. The summed E-state index contributed by atoms with van der Waals surface area (Å²) in [7, 11) is 0. The number of anilines is 1. The second kappa shape index (κ2) is 12.6. The van der Waals surface area contributed by atoms with E-state index in [2.05, 4.69) is 10.3 Å². The number of rotatable bonds is 8. The van der Waals surface area contributed by atoms with Crippen molar-refractivity contribution in [1.29, 1.82) is 0 Å². The van der Waals surface area contributed by atoms with Gasteiger partial charge in [0.2, 0.25) is 5.91 Å². The number of esters is 1. The molecule has 1 fully saturated rings. The van der Waals surface area contributed by atoms with Gasteiger partial charge in [-0.15, -0.1) is 11.8 Å². The summed E-state index contributed by atoms with van der Waals surface area (Å²) in [5, 5.41) is 23.1. The predicted octanol–water partition coefficient (Wildman–Crippen LogP) is -5.63. The maximum Gasteiger partial charge on any atom is 1.00 e. The van der Waals surface area contributed by atoms with Gasteiger partial charge in [-0.25, -0.2) is 9.59 Å². The second-order valence-electron chi connectivity index (χ2n) is 8.58. The summed E-state index contributed by atoms with van der Waals surface area (Å²) in [6, 6.07) is 0.773. The number of nitrogens with one attached hydrogen (secondary N) is 3. The summed E-state index contributed by atoms with van der Waals surface area (Å²) in [6.07, 6.45) is 0.876. The SMILES string of the molecule is CC(=O)OCC1=C(C(=O)[O-])N2C(=O)C(NC(=O)C(c3ccc(O)cc3)N(C(N)=O)c3c[nH]c(=O)[nH]c3=O)[C@H]2SC1.[Na+]. The number of aromatic nitrogens is 2. The number of nitrogens with zero attached hydrogens (tertiary/aromatic N) is 2. The zero-order chi connectivity index (χ0) is 29.3. The molecule has 3 heterocycles. The number of phenols is 1. The van der Waals surface area contributed by atoms with Crippen LogP contribution >= 0.6 is 11.8 Å². The van der Waals surface area contributed by atoms with E-state index in [-0.39, 0.29) is 58.8 Å². The van der Waals surface area contributed by atoms with Crippen LogP contribution in [0.1, 0.15) is 18.5 Å². The Balaban J connectivity index is 0.00000462. The summed E-state index contributed by atoms with van der Waals surface area (Å²) in [4.78, 5) is 91.8. The molecular formula is C23H21N6NaO10S. The minimum absolute atomic E-state index is 0. The molecule has 4 rings (SSSR count). The minimum Gasteiger partial charge on any atom is -0.543 e. The number of phenolic OH excluding ortho intramolecular Hbond substituents is 1. The smallest absolute Gasteiger partial charge is 0.543 e. The zero-order valence-electron chi connectivity index (χ0n) is 21.5. The van der Waals surface area contributed by atoms with Gasteiger partial charge in [0.15, 0.2) is 0 Å². The molecule has 3 atom stereocenters. The average molecular weight is 597 g/mol. The fourth-order valence-electron chi connectivity index (χ4n) is 4.24. The molecule has 6 N–H and O–H groups in total. The van der Waals surface area contributed by atoms with E-state index >= 15 is 0 Å². The number of thioether (sulfide) groups is 1. The van der Waals surface area contributed by atoms with Crippen molar-refractivity contribution in [2.75, 3.05) is 17.3 Å². The Bertz CT molecular complexity index is 1550. The van der Waals surface area contributed by atoms with Crippen molar-refractivity contribution in [3.8, 4) is 5.75 Å². The van der Waals surface area contributed by atoms with Crippen molar-refractivity contribution in [2.45, 2.75) is 24.4 Å². The zero-order valence-corrected chi connectivity index (χ0v) is 24.4. The van der Waals surface area contributed by atoms with Gasteiger partial charge in [-0.05, 0) is 17.7 Å². The van der Waals surface area contributed by atoms with E-state index in [9.17, 15) is 43.8 Å². The number of primary amides is 1. The molecule has 2 unspecified atom stereocenters. The Morgan fingerprint density at radius 1 is 1.24 bits per heavy atom. The Morgan fingerprint density at radius 2 is 1.90 bits per heavy atom. The quantitative estimate of drug-likeness (QED) is 0.109. The molecule has 1 aromatic heterocycles. The van der Waals surface area contributed by atoms with E-state index < -0.39 is 69.9 Å². The molecule has 0 bridgehead atoms.